The molecule has 126 valence electrons. The van der Waals surface area contributed by atoms with Gasteiger partial charge in [0.05, 0.1) is 12.7 Å². The molecule has 2 heterocycles. The molecule has 1 aliphatic rings. The molecular weight excluding hydrogens is 296 g/mol. The van der Waals surface area contributed by atoms with Crippen molar-refractivity contribution in [2.75, 3.05) is 20.2 Å². The van der Waals surface area contributed by atoms with Gasteiger partial charge in [0, 0.05) is 25.5 Å². The maximum atomic E-state index is 12.1. The van der Waals surface area contributed by atoms with Crippen molar-refractivity contribution in [3.05, 3.63) is 29.6 Å². The smallest absolute Gasteiger partial charge is 0.410 e. The Morgan fingerprint density at radius 1 is 1.22 bits per heavy atom. The molecule has 1 aliphatic heterocycles. The quantitative estimate of drug-likeness (QED) is 0.784. The lowest BCUT2D eigenvalue weighted by molar-refractivity contribution is 0.0204. The molecule has 0 saturated carbocycles. The van der Waals surface area contributed by atoms with E-state index in [1.807, 2.05) is 26.8 Å². The number of rotatable bonds is 2. The summed E-state index contributed by atoms with van der Waals surface area (Å²) < 4.78 is 10.1. The third kappa shape index (κ3) is 4.68. The number of pyridine rings is 1. The number of piperidine rings is 1. The Kier molecular flexibility index (Phi) is 5.23. The molecule has 0 bridgehead atoms. The van der Waals surface area contributed by atoms with Crippen LogP contribution in [0.2, 0.25) is 0 Å². The number of carbonyl (C=O) groups is 2. The summed E-state index contributed by atoms with van der Waals surface area (Å²) in [6.07, 6.45) is 4.67. The van der Waals surface area contributed by atoms with Crippen molar-refractivity contribution in [1.82, 2.24) is 9.88 Å². The van der Waals surface area contributed by atoms with Gasteiger partial charge in [-0.1, -0.05) is 0 Å². The molecule has 0 aliphatic carbocycles. The summed E-state index contributed by atoms with van der Waals surface area (Å²) in [6.45, 7) is 6.87. The molecule has 2 rings (SSSR count). The van der Waals surface area contributed by atoms with E-state index in [1.54, 1.807) is 11.1 Å². The van der Waals surface area contributed by atoms with Crippen molar-refractivity contribution in [2.24, 2.45) is 0 Å². The molecule has 1 fully saturated rings. The number of hydrogen-bond acceptors (Lipinski definition) is 5. The number of amides is 1. The minimum Gasteiger partial charge on any atom is -0.465 e. The zero-order valence-electron chi connectivity index (χ0n) is 14.2. The minimum atomic E-state index is -0.479. The molecule has 6 nitrogen and oxygen atoms in total. The first-order chi connectivity index (χ1) is 10.8. The van der Waals surface area contributed by atoms with Gasteiger partial charge in [0.2, 0.25) is 0 Å². The van der Waals surface area contributed by atoms with Gasteiger partial charge in [0.1, 0.15) is 5.60 Å². The van der Waals surface area contributed by atoms with Crippen LogP contribution in [0.4, 0.5) is 4.79 Å². The zero-order valence-corrected chi connectivity index (χ0v) is 14.2. The van der Waals surface area contributed by atoms with E-state index >= 15 is 0 Å². The summed E-state index contributed by atoms with van der Waals surface area (Å²) in [5, 5.41) is 0. The van der Waals surface area contributed by atoms with Crippen LogP contribution in [0.5, 0.6) is 0 Å². The molecule has 0 atom stereocenters. The average molecular weight is 320 g/mol. The summed E-state index contributed by atoms with van der Waals surface area (Å²) >= 11 is 0. The van der Waals surface area contributed by atoms with E-state index < -0.39 is 5.60 Å². The second kappa shape index (κ2) is 6.98. The summed E-state index contributed by atoms with van der Waals surface area (Å²) in [4.78, 5) is 29.5. The largest absolute Gasteiger partial charge is 0.465 e. The van der Waals surface area contributed by atoms with Crippen LogP contribution in [0.1, 0.15) is 55.5 Å². The van der Waals surface area contributed by atoms with Gasteiger partial charge < -0.3 is 14.4 Å². The number of esters is 1. The molecule has 1 aromatic rings. The molecule has 0 aromatic carbocycles. The Bertz CT molecular complexity index is 572. The molecule has 1 aromatic heterocycles. The van der Waals surface area contributed by atoms with Crippen LogP contribution in [0.3, 0.4) is 0 Å². The summed E-state index contributed by atoms with van der Waals surface area (Å²) in [5.41, 5.74) is 0.989. The topological polar surface area (TPSA) is 68.7 Å². The lowest BCUT2D eigenvalue weighted by atomic mass is 9.90. The fourth-order valence-corrected chi connectivity index (χ4v) is 2.63. The minimum absolute atomic E-state index is 0.266. The maximum Gasteiger partial charge on any atom is 0.410 e. The molecule has 1 amide bonds. The average Bonchev–Trinajstić information content (AvgIpc) is 2.53. The SMILES string of the molecule is COC(=O)c1cncc(C2CCN(C(=O)OC(C)(C)C)CC2)c1. The summed E-state index contributed by atoms with van der Waals surface area (Å²) in [6, 6.07) is 1.83. The Morgan fingerprint density at radius 2 is 1.87 bits per heavy atom. The molecule has 6 heteroatoms. The molecule has 0 radical (unpaired) electrons. The standard InChI is InChI=1S/C17H24N2O4/c1-17(2,3)23-16(21)19-7-5-12(6-8-19)13-9-14(11-18-10-13)15(20)22-4/h9-12H,5-8H2,1-4H3. The van der Waals surface area contributed by atoms with Gasteiger partial charge in [-0.15, -0.1) is 0 Å². The van der Waals surface area contributed by atoms with Crippen LogP contribution >= 0.6 is 0 Å². The van der Waals surface area contributed by atoms with Crippen molar-refractivity contribution in [3.63, 3.8) is 0 Å². The van der Waals surface area contributed by atoms with Gasteiger partial charge in [-0.3, -0.25) is 4.98 Å². The summed E-state index contributed by atoms with van der Waals surface area (Å²) in [5.74, 6) is -0.101. The molecule has 1 saturated heterocycles. The van der Waals surface area contributed by atoms with Crippen LogP contribution in [0.15, 0.2) is 18.5 Å². The molecule has 0 unspecified atom stereocenters. The molecule has 0 spiro atoms. The first kappa shape index (κ1) is 17.2. The van der Waals surface area contributed by atoms with Gasteiger partial charge >= 0.3 is 12.1 Å². The normalized spacial score (nSPS) is 16.1. The highest BCUT2D eigenvalue weighted by atomic mass is 16.6. The highest BCUT2D eigenvalue weighted by Crippen LogP contribution is 2.28. The zero-order chi connectivity index (χ0) is 17.0. The Balaban J connectivity index is 1.97. The molecule has 23 heavy (non-hydrogen) atoms. The first-order valence-corrected chi connectivity index (χ1v) is 7.81. The number of aromatic nitrogens is 1. The number of hydrogen-bond donors (Lipinski definition) is 0. The first-order valence-electron chi connectivity index (χ1n) is 7.81. The molecule has 0 N–H and O–H groups in total. The van der Waals surface area contributed by atoms with Crippen molar-refractivity contribution in [2.45, 2.75) is 45.1 Å². The van der Waals surface area contributed by atoms with E-state index in [0.29, 0.717) is 18.7 Å². The second-order valence-electron chi connectivity index (χ2n) is 6.74. The van der Waals surface area contributed by atoms with E-state index in [2.05, 4.69) is 4.98 Å². The maximum absolute atomic E-state index is 12.1. The van der Waals surface area contributed by atoms with Crippen LogP contribution in [-0.2, 0) is 9.47 Å². The fourth-order valence-electron chi connectivity index (χ4n) is 2.63. The van der Waals surface area contributed by atoms with Gasteiger partial charge in [-0.2, -0.15) is 0 Å². The number of methoxy groups -OCH3 is 1. The lowest BCUT2D eigenvalue weighted by Gasteiger charge is -2.33. The van der Waals surface area contributed by atoms with Gasteiger partial charge in [0.15, 0.2) is 0 Å². The van der Waals surface area contributed by atoms with Gasteiger partial charge in [0.25, 0.3) is 0 Å². The molecular formula is C17H24N2O4. The van der Waals surface area contributed by atoms with Crippen molar-refractivity contribution in [1.29, 1.82) is 0 Å². The second-order valence-corrected chi connectivity index (χ2v) is 6.74. The van der Waals surface area contributed by atoms with Gasteiger partial charge in [-0.25, -0.2) is 9.59 Å². The van der Waals surface area contributed by atoms with Crippen LogP contribution in [0.25, 0.3) is 0 Å². The Hall–Kier alpha value is -2.11. The third-order valence-corrected chi connectivity index (χ3v) is 3.80. The van der Waals surface area contributed by atoms with Crippen LogP contribution in [0, 0.1) is 0 Å². The van der Waals surface area contributed by atoms with E-state index in [4.69, 9.17) is 9.47 Å². The van der Waals surface area contributed by atoms with Crippen molar-refractivity contribution >= 4 is 12.1 Å². The number of nitrogens with zero attached hydrogens (tertiary/aromatic N) is 2. The van der Waals surface area contributed by atoms with E-state index in [1.165, 1.54) is 13.3 Å². The summed E-state index contributed by atoms with van der Waals surface area (Å²) in [7, 11) is 1.36. The van der Waals surface area contributed by atoms with Gasteiger partial charge in [-0.05, 0) is 51.2 Å². The van der Waals surface area contributed by atoms with Crippen LogP contribution < -0.4 is 0 Å². The van der Waals surface area contributed by atoms with Crippen molar-refractivity contribution in [3.8, 4) is 0 Å². The fraction of sp³-hybridized carbons (Fsp3) is 0.588. The highest BCUT2D eigenvalue weighted by Gasteiger charge is 2.27. The number of likely N-dealkylation sites (tertiary alicyclic amines) is 1. The third-order valence-electron chi connectivity index (χ3n) is 3.80. The predicted molar refractivity (Wildman–Crippen MR) is 85.4 cm³/mol. The number of ether oxygens (including phenoxy) is 2. The van der Waals surface area contributed by atoms with Crippen LogP contribution in [-0.4, -0.2) is 47.7 Å². The lowest BCUT2D eigenvalue weighted by Crippen LogP contribution is -2.41. The highest BCUT2D eigenvalue weighted by molar-refractivity contribution is 5.89. The van der Waals surface area contributed by atoms with E-state index in [9.17, 15) is 9.59 Å². The Labute approximate surface area is 136 Å². The predicted octanol–water partition coefficient (Wildman–Crippen LogP) is 2.98. The van der Waals surface area contributed by atoms with E-state index in [-0.39, 0.29) is 18.0 Å². The number of carbonyl (C=O) groups excluding carboxylic acids is 2. The van der Waals surface area contributed by atoms with Crippen molar-refractivity contribution < 1.29 is 19.1 Å². The monoisotopic (exact) mass is 320 g/mol. The Morgan fingerprint density at radius 3 is 2.43 bits per heavy atom. The van der Waals surface area contributed by atoms with E-state index in [0.717, 1.165) is 18.4 Å².